The van der Waals surface area contributed by atoms with Crippen molar-refractivity contribution < 1.29 is 4.79 Å². The molecule has 1 N–H and O–H groups in total. The van der Waals surface area contributed by atoms with E-state index in [1.54, 1.807) is 18.5 Å². The van der Waals surface area contributed by atoms with E-state index in [0.29, 0.717) is 5.56 Å². The van der Waals surface area contributed by atoms with Gasteiger partial charge in [-0.3, -0.25) is 4.79 Å². The molecule has 66 valence electrons. The number of carbonyl (C=O) groups is 1. The Morgan fingerprint density at radius 2 is 2.31 bits per heavy atom. The Bertz CT molecular complexity index is 419. The van der Waals surface area contributed by atoms with E-state index in [2.05, 4.69) is 20.9 Å². The summed E-state index contributed by atoms with van der Waals surface area (Å²) in [6.45, 7) is 0. The van der Waals surface area contributed by atoms with Crippen LogP contribution in [-0.4, -0.2) is 10.8 Å². The summed E-state index contributed by atoms with van der Waals surface area (Å²) in [6, 6.07) is 3.59. The largest absolute Gasteiger partial charge is 0.367 e. The summed E-state index contributed by atoms with van der Waals surface area (Å²) in [7, 11) is 0. The zero-order chi connectivity index (χ0) is 9.26. The van der Waals surface area contributed by atoms with Crippen molar-refractivity contribution in [1.29, 1.82) is 0 Å². The third-order valence-electron chi connectivity index (χ3n) is 1.72. The Balaban J connectivity index is 2.39. The highest BCUT2D eigenvalue weighted by atomic mass is 79.9. The molecule has 0 atom stereocenters. The predicted molar refractivity (Wildman–Crippen MR) is 56.2 cm³/mol. The van der Waals surface area contributed by atoms with E-state index < -0.39 is 0 Å². The summed E-state index contributed by atoms with van der Waals surface area (Å²) in [5, 5.41) is 1.89. The maximum atomic E-state index is 11.7. The van der Waals surface area contributed by atoms with Crippen molar-refractivity contribution in [3.63, 3.8) is 0 Å². The van der Waals surface area contributed by atoms with Crippen LogP contribution in [0.1, 0.15) is 15.9 Å². The van der Waals surface area contributed by atoms with Gasteiger partial charge in [-0.25, -0.2) is 0 Å². The number of thiophene rings is 1. The Kier molecular flexibility index (Phi) is 2.33. The maximum Gasteiger partial charge on any atom is 0.196 e. The van der Waals surface area contributed by atoms with Crippen LogP contribution in [0.4, 0.5) is 0 Å². The minimum atomic E-state index is 0.0503. The van der Waals surface area contributed by atoms with Crippen LogP contribution in [0.3, 0.4) is 0 Å². The molecule has 2 nitrogen and oxygen atoms in total. The van der Waals surface area contributed by atoms with Crippen LogP contribution in [0.2, 0.25) is 0 Å². The molecule has 0 fully saturated rings. The third kappa shape index (κ3) is 1.59. The first-order chi connectivity index (χ1) is 6.29. The number of hydrogen-bond acceptors (Lipinski definition) is 2. The second-order valence-corrected chi connectivity index (χ2v) is 4.77. The maximum absolute atomic E-state index is 11.7. The van der Waals surface area contributed by atoms with Crippen molar-refractivity contribution >= 4 is 33.0 Å². The van der Waals surface area contributed by atoms with E-state index in [4.69, 9.17) is 0 Å². The molecule has 0 spiro atoms. The fourth-order valence-electron chi connectivity index (χ4n) is 1.08. The number of hydrogen-bond donors (Lipinski definition) is 1. The summed E-state index contributed by atoms with van der Waals surface area (Å²) in [4.78, 5) is 14.6. The quantitative estimate of drug-likeness (QED) is 0.823. The normalized spacial score (nSPS) is 10.2. The van der Waals surface area contributed by atoms with Gasteiger partial charge in [-0.15, -0.1) is 11.3 Å². The number of nitrogens with one attached hydrogen (secondary N) is 1. The summed E-state index contributed by atoms with van der Waals surface area (Å²) < 4.78 is 0.888. The lowest BCUT2D eigenvalue weighted by Gasteiger charge is -1.93. The third-order valence-corrected chi connectivity index (χ3v) is 3.41. The highest BCUT2D eigenvalue weighted by Crippen LogP contribution is 2.25. The van der Waals surface area contributed by atoms with Crippen LogP contribution in [0.15, 0.2) is 33.7 Å². The van der Waals surface area contributed by atoms with E-state index >= 15 is 0 Å². The van der Waals surface area contributed by atoms with Gasteiger partial charge in [0.15, 0.2) is 5.78 Å². The number of ketones is 1. The summed E-state index contributed by atoms with van der Waals surface area (Å²) in [6.07, 6.45) is 3.44. The molecule has 0 radical (unpaired) electrons. The lowest BCUT2D eigenvalue weighted by molar-refractivity contribution is 0.103. The minimum Gasteiger partial charge on any atom is -0.367 e. The molecule has 13 heavy (non-hydrogen) atoms. The van der Waals surface area contributed by atoms with Gasteiger partial charge >= 0.3 is 0 Å². The summed E-state index contributed by atoms with van der Waals surface area (Å²) in [5.41, 5.74) is 1.42. The molecule has 2 rings (SSSR count). The van der Waals surface area contributed by atoms with E-state index in [9.17, 15) is 4.79 Å². The number of H-pyrrole nitrogens is 1. The van der Waals surface area contributed by atoms with Gasteiger partial charge < -0.3 is 4.98 Å². The van der Waals surface area contributed by atoms with Crippen LogP contribution in [-0.2, 0) is 0 Å². The Morgan fingerprint density at radius 1 is 1.46 bits per heavy atom. The zero-order valence-electron chi connectivity index (χ0n) is 6.58. The SMILES string of the molecule is O=C(c1cc[nH]c1)c1ccsc1Br. The first-order valence-corrected chi connectivity index (χ1v) is 5.37. The van der Waals surface area contributed by atoms with Crippen molar-refractivity contribution in [1.82, 2.24) is 4.98 Å². The lowest BCUT2D eigenvalue weighted by atomic mass is 10.1. The molecule has 2 aromatic rings. The van der Waals surface area contributed by atoms with Gasteiger partial charge in [-0.1, -0.05) is 0 Å². The highest BCUT2D eigenvalue weighted by Gasteiger charge is 2.13. The van der Waals surface area contributed by atoms with Crippen LogP contribution >= 0.6 is 27.3 Å². The van der Waals surface area contributed by atoms with Gasteiger partial charge in [0, 0.05) is 23.5 Å². The van der Waals surface area contributed by atoms with E-state index in [-0.39, 0.29) is 5.78 Å². The fraction of sp³-hybridized carbons (Fsp3) is 0. The van der Waals surface area contributed by atoms with Crippen LogP contribution in [0, 0.1) is 0 Å². The molecule has 0 aliphatic rings. The molecule has 0 saturated heterocycles. The minimum absolute atomic E-state index is 0.0503. The van der Waals surface area contributed by atoms with Crippen molar-refractivity contribution in [3.05, 3.63) is 44.8 Å². The lowest BCUT2D eigenvalue weighted by Crippen LogP contribution is -1.97. The van der Waals surface area contributed by atoms with Crippen molar-refractivity contribution in [2.24, 2.45) is 0 Å². The van der Waals surface area contributed by atoms with E-state index in [1.165, 1.54) is 11.3 Å². The molecular weight excluding hydrogens is 250 g/mol. The van der Waals surface area contributed by atoms with Gasteiger partial charge in [-0.2, -0.15) is 0 Å². The smallest absolute Gasteiger partial charge is 0.196 e. The van der Waals surface area contributed by atoms with E-state index in [1.807, 2.05) is 11.4 Å². The average Bonchev–Trinajstić information content (AvgIpc) is 2.72. The van der Waals surface area contributed by atoms with Crippen LogP contribution in [0.5, 0.6) is 0 Å². The van der Waals surface area contributed by atoms with Crippen LogP contribution < -0.4 is 0 Å². The summed E-state index contributed by atoms with van der Waals surface area (Å²) in [5.74, 6) is 0.0503. The molecule has 0 bridgehead atoms. The second-order valence-electron chi connectivity index (χ2n) is 2.54. The highest BCUT2D eigenvalue weighted by molar-refractivity contribution is 9.11. The fourth-order valence-corrected chi connectivity index (χ4v) is 2.32. The van der Waals surface area contributed by atoms with Gasteiger partial charge in [0.25, 0.3) is 0 Å². The molecule has 0 aromatic carbocycles. The van der Waals surface area contributed by atoms with Crippen molar-refractivity contribution in [2.45, 2.75) is 0 Å². The van der Waals surface area contributed by atoms with Gasteiger partial charge in [0.05, 0.1) is 3.79 Å². The van der Waals surface area contributed by atoms with Crippen molar-refractivity contribution in [3.8, 4) is 0 Å². The zero-order valence-corrected chi connectivity index (χ0v) is 8.98. The van der Waals surface area contributed by atoms with Crippen molar-refractivity contribution in [2.75, 3.05) is 0 Å². The number of rotatable bonds is 2. The first kappa shape index (κ1) is 8.72. The number of halogens is 1. The molecular formula is C9H6BrNOS. The van der Waals surface area contributed by atoms with Gasteiger partial charge in [0.2, 0.25) is 0 Å². The Morgan fingerprint density at radius 3 is 2.85 bits per heavy atom. The first-order valence-electron chi connectivity index (χ1n) is 3.69. The number of aromatic nitrogens is 1. The molecule has 4 heteroatoms. The van der Waals surface area contributed by atoms with E-state index in [0.717, 1.165) is 9.35 Å². The monoisotopic (exact) mass is 255 g/mol. The van der Waals surface area contributed by atoms with Crippen LogP contribution in [0.25, 0.3) is 0 Å². The molecule has 0 amide bonds. The molecule has 0 aliphatic carbocycles. The molecule has 0 saturated carbocycles. The predicted octanol–water partition coefficient (Wildman–Crippen LogP) is 3.07. The standard InChI is InChI=1S/C9H6BrNOS/c10-9-7(2-4-13-9)8(12)6-1-3-11-5-6/h1-5,11H. The topological polar surface area (TPSA) is 32.9 Å². The van der Waals surface area contributed by atoms with Gasteiger partial charge in [-0.05, 0) is 33.4 Å². The second kappa shape index (κ2) is 3.47. The van der Waals surface area contributed by atoms with Gasteiger partial charge in [0.1, 0.15) is 0 Å². The molecule has 0 aliphatic heterocycles. The Labute approximate surface area is 87.7 Å². The Hall–Kier alpha value is -0.870. The molecule has 2 aromatic heterocycles. The number of carbonyl (C=O) groups excluding carboxylic acids is 1. The molecule has 0 unspecified atom stereocenters. The average molecular weight is 256 g/mol. The molecule has 2 heterocycles. The number of aromatic amines is 1. The summed E-state index contributed by atoms with van der Waals surface area (Å²) >= 11 is 4.86.